The highest BCUT2D eigenvalue weighted by molar-refractivity contribution is 6.31. The third-order valence-electron chi connectivity index (χ3n) is 8.37. The molecule has 0 aliphatic carbocycles. The van der Waals surface area contributed by atoms with Gasteiger partial charge in [0.25, 0.3) is 5.91 Å². The van der Waals surface area contributed by atoms with Crippen molar-refractivity contribution < 1.29 is 19.0 Å². The lowest BCUT2D eigenvalue weighted by Crippen LogP contribution is -2.48. The first kappa shape index (κ1) is 25.5. The largest absolute Gasteiger partial charge is 0.489 e. The molecule has 38 heavy (non-hydrogen) atoms. The summed E-state index contributed by atoms with van der Waals surface area (Å²) in [5.74, 6) is -0.428. The number of aromatic nitrogens is 3. The molecule has 3 aromatic rings. The van der Waals surface area contributed by atoms with Crippen molar-refractivity contribution in [3.8, 4) is 5.75 Å². The van der Waals surface area contributed by atoms with Crippen molar-refractivity contribution in [3.05, 3.63) is 57.2 Å². The van der Waals surface area contributed by atoms with Crippen molar-refractivity contribution in [2.24, 2.45) is 0 Å². The summed E-state index contributed by atoms with van der Waals surface area (Å²) < 4.78 is 22.4. The molecule has 3 aliphatic heterocycles. The number of hydrogen-bond donors (Lipinski definition) is 1. The van der Waals surface area contributed by atoms with Gasteiger partial charge in [-0.1, -0.05) is 24.9 Å². The number of fused-ring (bicyclic) bond motifs is 5. The van der Waals surface area contributed by atoms with Crippen molar-refractivity contribution in [3.63, 3.8) is 0 Å². The first-order valence-electron chi connectivity index (χ1n) is 13.5. The normalized spacial score (nSPS) is 24.8. The zero-order valence-corrected chi connectivity index (χ0v) is 22.7. The third kappa shape index (κ3) is 4.25. The number of aliphatic hydroxyl groups is 1. The number of nitrogens with zero attached hydrogens (tertiary/aromatic N) is 5. The number of benzene rings is 1. The van der Waals surface area contributed by atoms with Crippen molar-refractivity contribution in [2.45, 2.75) is 90.3 Å². The summed E-state index contributed by atoms with van der Waals surface area (Å²) in [5, 5.41) is 15.9. The molecule has 2 fully saturated rings. The van der Waals surface area contributed by atoms with E-state index in [0.29, 0.717) is 35.7 Å². The van der Waals surface area contributed by atoms with Crippen LogP contribution in [-0.4, -0.2) is 66.2 Å². The summed E-state index contributed by atoms with van der Waals surface area (Å²) in [6.45, 7) is 7.58. The topological polar surface area (TPSA) is 83.2 Å². The highest BCUT2D eigenvalue weighted by Crippen LogP contribution is 2.39. The number of piperidine rings is 1. The Morgan fingerprint density at radius 2 is 2.05 bits per heavy atom. The molecule has 0 saturated carbocycles. The van der Waals surface area contributed by atoms with Gasteiger partial charge in [-0.05, 0) is 51.8 Å². The van der Waals surface area contributed by atoms with Gasteiger partial charge in [0.1, 0.15) is 17.7 Å². The van der Waals surface area contributed by atoms with Crippen LogP contribution in [0.25, 0.3) is 5.65 Å². The summed E-state index contributed by atoms with van der Waals surface area (Å²) in [7, 11) is 0. The van der Waals surface area contributed by atoms with E-state index in [1.807, 2.05) is 13.8 Å². The second kappa shape index (κ2) is 9.77. The fourth-order valence-corrected chi connectivity index (χ4v) is 6.54. The Kier molecular flexibility index (Phi) is 6.56. The Bertz CT molecular complexity index is 1410. The van der Waals surface area contributed by atoms with Gasteiger partial charge in [0, 0.05) is 30.1 Å². The first-order valence-corrected chi connectivity index (χ1v) is 13.8. The van der Waals surface area contributed by atoms with Gasteiger partial charge in [-0.2, -0.15) is 5.10 Å². The Balaban J connectivity index is 1.22. The fraction of sp³-hybridized carbons (Fsp3) is 0.536. The molecule has 0 radical (unpaired) electrons. The maximum Gasteiger partial charge on any atom is 0.258 e. The molecular weight excluding hydrogens is 509 g/mol. The van der Waals surface area contributed by atoms with Gasteiger partial charge in [0.2, 0.25) is 0 Å². The lowest BCUT2D eigenvalue weighted by Gasteiger charge is -2.39. The third-order valence-corrected chi connectivity index (χ3v) is 8.92. The number of aryl methyl sites for hydroxylation is 2. The predicted octanol–water partition coefficient (Wildman–Crippen LogP) is 4.44. The average molecular weight is 542 g/mol. The van der Waals surface area contributed by atoms with Crippen LogP contribution in [-0.2, 0) is 13.1 Å². The number of unbranched alkanes of at least 4 members (excludes halogenated alkanes) is 1. The molecule has 6 rings (SSSR count). The van der Waals surface area contributed by atoms with Crippen LogP contribution in [0.15, 0.2) is 18.2 Å². The minimum atomic E-state index is -0.450. The van der Waals surface area contributed by atoms with Crippen LogP contribution >= 0.6 is 11.6 Å². The summed E-state index contributed by atoms with van der Waals surface area (Å²) in [6, 6.07) is 4.38. The highest BCUT2D eigenvalue weighted by Gasteiger charge is 2.46. The molecule has 2 bridgehead atoms. The standard InChI is InChI=1S/C28H33ClFN5O3/c1-4-5-8-34-18-10-19(12-23(34)24(36)11-18)38-25-9-17(30)6-7-20(25)28(37)33-13-21-22(14-33)32-35-16(3)26(29)15(2)31-27(21)35/h6-7,9,18-19,23-24,36H,4-5,8,10-14H2,1-3H3/t18-,19-,23+,24-/m0/s1. The van der Waals surface area contributed by atoms with Gasteiger partial charge in [0.05, 0.1) is 46.9 Å². The van der Waals surface area contributed by atoms with E-state index in [1.54, 1.807) is 9.42 Å². The molecule has 2 aromatic heterocycles. The Morgan fingerprint density at radius 3 is 2.82 bits per heavy atom. The van der Waals surface area contributed by atoms with Gasteiger partial charge in [0.15, 0.2) is 5.65 Å². The molecule has 1 aromatic carbocycles. The van der Waals surface area contributed by atoms with E-state index in [1.165, 1.54) is 18.2 Å². The Hall–Kier alpha value is -2.75. The smallest absolute Gasteiger partial charge is 0.258 e. The second-order valence-corrected chi connectivity index (χ2v) is 11.3. The minimum Gasteiger partial charge on any atom is -0.489 e. The molecule has 202 valence electrons. The van der Waals surface area contributed by atoms with Crippen LogP contribution in [0.4, 0.5) is 4.39 Å². The van der Waals surface area contributed by atoms with E-state index in [0.717, 1.165) is 54.9 Å². The molecule has 4 atom stereocenters. The van der Waals surface area contributed by atoms with Crippen molar-refractivity contribution >= 4 is 23.2 Å². The lowest BCUT2D eigenvalue weighted by atomic mass is 9.98. The van der Waals surface area contributed by atoms with E-state index >= 15 is 0 Å². The SMILES string of the molecule is CCCCN1[C@H]2C[C@H](Oc3cc(F)ccc3C(=O)N3Cc4nn5c(C)c(Cl)c(C)nc5c4C3)C[C@@H]1[C@@H](O)C2. The number of aliphatic hydroxyl groups excluding tert-OH is 1. The van der Waals surface area contributed by atoms with Crippen LogP contribution in [0.1, 0.15) is 72.0 Å². The molecule has 1 amide bonds. The minimum absolute atomic E-state index is 0.0378. The first-order chi connectivity index (χ1) is 18.2. The number of amides is 1. The van der Waals surface area contributed by atoms with E-state index in [2.05, 4.69) is 21.9 Å². The fourth-order valence-electron chi connectivity index (χ4n) is 6.42. The summed E-state index contributed by atoms with van der Waals surface area (Å²) in [4.78, 5) is 22.4. The number of rotatable bonds is 6. The van der Waals surface area contributed by atoms with Gasteiger partial charge in [-0.25, -0.2) is 13.9 Å². The number of hydrogen-bond acceptors (Lipinski definition) is 6. The van der Waals surface area contributed by atoms with Gasteiger partial charge in [-0.3, -0.25) is 9.69 Å². The highest BCUT2D eigenvalue weighted by atomic mass is 35.5. The molecule has 3 aliphatic rings. The van der Waals surface area contributed by atoms with Crippen molar-refractivity contribution in [1.29, 1.82) is 0 Å². The molecule has 8 nitrogen and oxygen atoms in total. The summed E-state index contributed by atoms with van der Waals surface area (Å²) >= 11 is 6.36. The maximum absolute atomic E-state index is 14.3. The van der Waals surface area contributed by atoms with Crippen LogP contribution < -0.4 is 4.74 Å². The quantitative estimate of drug-likeness (QED) is 0.497. The number of carbonyl (C=O) groups excluding carboxylic acids is 1. The lowest BCUT2D eigenvalue weighted by molar-refractivity contribution is 0.0240. The molecular formula is C28H33ClFN5O3. The monoisotopic (exact) mass is 541 g/mol. The van der Waals surface area contributed by atoms with Crippen molar-refractivity contribution in [1.82, 2.24) is 24.4 Å². The maximum atomic E-state index is 14.3. The molecule has 0 spiro atoms. The molecule has 1 N–H and O–H groups in total. The van der Waals surface area contributed by atoms with Crippen molar-refractivity contribution in [2.75, 3.05) is 6.54 Å². The zero-order chi connectivity index (χ0) is 26.7. The van der Waals surface area contributed by atoms with Gasteiger partial charge >= 0.3 is 0 Å². The average Bonchev–Trinajstić information content (AvgIpc) is 3.50. The molecule has 5 heterocycles. The summed E-state index contributed by atoms with van der Waals surface area (Å²) in [6.07, 6.45) is 3.78. The predicted molar refractivity (Wildman–Crippen MR) is 141 cm³/mol. The van der Waals surface area contributed by atoms with Crippen LogP contribution in [0.2, 0.25) is 5.02 Å². The number of halogens is 2. The van der Waals surface area contributed by atoms with Crippen LogP contribution in [0.3, 0.4) is 0 Å². The molecule has 0 unspecified atom stereocenters. The van der Waals surface area contributed by atoms with Crippen LogP contribution in [0.5, 0.6) is 5.75 Å². The van der Waals surface area contributed by atoms with E-state index in [4.69, 9.17) is 16.3 Å². The summed E-state index contributed by atoms with van der Waals surface area (Å²) in [5.41, 5.74) is 4.25. The Morgan fingerprint density at radius 1 is 1.24 bits per heavy atom. The second-order valence-electron chi connectivity index (χ2n) is 10.9. The van der Waals surface area contributed by atoms with E-state index in [-0.39, 0.29) is 35.9 Å². The zero-order valence-electron chi connectivity index (χ0n) is 22.0. The van der Waals surface area contributed by atoms with Crippen LogP contribution in [0, 0.1) is 19.7 Å². The number of ether oxygens (including phenoxy) is 1. The Labute approximate surface area is 226 Å². The van der Waals surface area contributed by atoms with Gasteiger partial charge < -0.3 is 14.7 Å². The van der Waals surface area contributed by atoms with E-state index in [9.17, 15) is 14.3 Å². The van der Waals surface area contributed by atoms with E-state index < -0.39 is 5.82 Å². The van der Waals surface area contributed by atoms with Gasteiger partial charge in [-0.15, -0.1) is 0 Å². The number of carbonyl (C=O) groups is 1. The molecule has 10 heteroatoms. The molecule has 2 saturated heterocycles.